The number of ether oxygens (including phenoxy) is 3. The van der Waals surface area contributed by atoms with Crippen LogP contribution in [0.4, 0.5) is 5.69 Å². The lowest BCUT2D eigenvalue weighted by Gasteiger charge is -2.35. The van der Waals surface area contributed by atoms with E-state index in [1.54, 1.807) is 21.3 Å². The fraction of sp³-hybridized carbons (Fsp3) is 0.350. The third-order valence-electron chi connectivity index (χ3n) is 4.60. The zero-order valence-electron chi connectivity index (χ0n) is 15.5. The average Bonchev–Trinajstić information content (AvgIpc) is 2.68. The van der Waals surface area contributed by atoms with Gasteiger partial charge in [-0.05, 0) is 42.3 Å². The van der Waals surface area contributed by atoms with Crippen LogP contribution in [0.2, 0.25) is 0 Å². The van der Waals surface area contributed by atoms with Gasteiger partial charge in [0.15, 0.2) is 17.6 Å². The summed E-state index contributed by atoms with van der Waals surface area (Å²) in [5, 5.41) is 2.67. The number of aryl methyl sites for hydroxylation is 1. The number of carbonyl (C=O) groups is 1. The predicted octanol–water partition coefficient (Wildman–Crippen LogP) is 2.53. The van der Waals surface area contributed by atoms with Gasteiger partial charge in [-0.15, -0.1) is 0 Å². The zero-order valence-corrected chi connectivity index (χ0v) is 15.5. The van der Waals surface area contributed by atoms with Crippen molar-refractivity contribution in [3.63, 3.8) is 0 Å². The number of hydrogen-bond donors (Lipinski definition) is 1. The van der Waals surface area contributed by atoms with E-state index in [4.69, 9.17) is 14.2 Å². The van der Waals surface area contributed by atoms with E-state index in [1.807, 2.05) is 43.3 Å². The Morgan fingerprint density at radius 1 is 1.23 bits per heavy atom. The van der Waals surface area contributed by atoms with Crippen LogP contribution < -0.4 is 24.4 Å². The fourth-order valence-corrected chi connectivity index (χ4v) is 3.15. The van der Waals surface area contributed by atoms with Gasteiger partial charge in [0.2, 0.25) is 0 Å². The second-order valence-corrected chi connectivity index (χ2v) is 6.20. The number of benzene rings is 2. The Hall–Kier alpha value is -2.89. The summed E-state index contributed by atoms with van der Waals surface area (Å²) in [5.41, 5.74) is 3.18. The highest BCUT2D eigenvalue weighted by Crippen LogP contribution is 2.36. The number of methoxy groups -OCH3 is 2. The lowest BCUT2D eigenvalue weighted by atomic mass is 10.1. The van der Waals surface area contributed by atoms with Crippen LogP contribution in [0, 0.1) is 6.92 Å². The molecule has 6 heteroatoms. The number of nitrogens with zero attached hydrogens (tertiary/aromatic N) is 1. The molecule has 26 heavy (non-hydrogen) atoms. The Kier molecular flexibility index (Phi) is 5.21. The molecule has 6 nitrogen and oxygen atoms in total. The molecule has 0 aliphatic carbocycles. The quantitative estimate of drug-likeness (QED) is 0.892. The standard InChI is InChI=1S/C20H24N2O4/c1-13-9-17(24-3)18(25-4)10-14(13)11-22-12-19(20(23)21-2)26-16-8-6-5-7-15(16)22/h5-10,19H,11-12H2,1-4H3,(H,21,23)/t19-/m1/s1. The van der Waals surface area contributed by atoms with Gasteiger partial charge < -0.3 is 24.4 Å². The molecule has 1 amide bonds. The summed E-state index contributed by atoms with van der Waals surface area (Å²) in [7, 11) is 4.88. The van der Waals surface area contributed by atoms with Crippen LogP contribution >= 0.6 is 0 Å². The van der Waals surface area contributed by atoms with E-state index in [0.717, 1.165) is 16.8 Å². The summed E-state index contributed by atoms with van der Waals surface area (Å²) in [5.74, 6) is 1.98. The SMILES string of the molecule is CNC(=O)[C@H]1CN(Cc2cc(OC)c(OC)cc2C)c2ccccc2O1. The van der Waals surface area contributed by atoms with Gasteiger partial charge in [-0.3, -0.25) is 4.79 Å². The number of rotatable bonds is 5. The maximum Gasteiger partial charge on any atom is 0.262 e. The first kappa shape index (κ1) is 17.9. The normalized spacial score (nSPS) is 15.7. The van der Waals surface area contributed by atoms with Crippen molar-refractivity contribution in [2.75, 3.05) is 32.7 Å². The molecule has 0 spiro atoms. The van der Waals surface area contributed by atoms with Gasteiger partial charge in [-0.25, -0.2) is 0 Å². The summed E-state index contributed by atoms with van der Waals surface area (Å²) in [4.78, 5) is 14.3. The van der Waals surface area contributed by atoms with Crippen molar-refractivity contribution in [2.24, 2.45) is 0 Å². The molecule has 1 aliphatic heterocycles. The summed E-state index contributed by atoms with van der Waals surface area (Å²) in [6.07, 6.45) is -0.546. The lowest BCUT2D eigenvalue weighted by Crippen LogP contribution is -2.48. The van der Waals surface area contributed by atoms with Crippen LogP contribution in [0.15, 0.2) is 36.4 Å². The van der Waals surface area contributed by atoms with Crippen LogP contribution in [-0.2, 0) is 11.3 Å². The van der Waals surface area contributed by atoms with E-state index < -0.39 is 6.10 Å². The largest absolute Gasteiger partial charge is 0.493 e. The highest BCUT2D eigenvalue weighted by Gasteiger charge is 2.30. The molecule has 0 fully saturated rings. The first-order valence-corrected chi connectivity index (χ1v) is 8.51. The molecule has 0 aromatic heterocycles. The van der Waals surface area contributed by atoms with E-state index in [9.17, 15) is 4.79 Å². The van der Waals surface area contributed by atoms with Crippen molar-refractivity contribution in [3.05, 3.63) is 47.5 Å². The van der Waals surface area contributed by atoms with Crippen LogP contribution in [0.3, 0.4) is 0 Å². The molecule has 2 aromatic carbocycles. The Bertz CT molecular complexity index is 806. The van der Waals surface area contributed by atoms with Gasteiger partial charge in [-0.2, -0.15) is 0 Å². The molecular formula is C20H24N2O4. The lowest BCUT2D eigenvalue weighted by molar-refractivity contribution is -0.127. The summed E-state index contributed by atoms with van der Waals surface area (Å²) < 4.78 is 16.7. The Morgan fingerprint density at radius 3 is 2.62 bits per heavy atom. The van der Waals surface area contributed by atoms with Crippen molar-refractivity contribution in [1.82, 2.24) is 5.32 Å². The van der Waals surface area contributed by atoms with Gasteiger partial charge in [0, 0.05) is 13.6 Å². The molecule has 0 saturated heterocycles. The van der Waals surface area contributed by atoms with Crippen molar-refractivity contribution < 1.29 is 19.0 Å². The second kappa shape index (κ2) is 7.56. The molecule has 138 valence electrons. The van der Waals surface area contributed by atoms with Crippen LogP contribution in [0.5, 0.6) is 17.2 Å². The first-order valence-electron chi connectivity index (χ1n) is 8.51. The van der Waals surface area contributed by atoms with E-state index in [2.05, 4.69) is 10.2 Å². The van der Waals surface area contributed by atoms with Crippen LogP contribution in [-0.4, -0.2) is 39.8 Å². The molecular weight excluding hydrogens is 332 g/mol. The van der Waals surface area contributed by atoms with E-state index in [1.165, 1.54) is 0 Å². The third-order valence-corrected chi connectivity index (χ3v) is 4.60. The van der Waals surface area contributed by atoms with Crippen molar-refractivity contribution >= 4 is 11.6 Å². The Labute approximate surface area is 153 Å². The highest BCUT2D eigenvalue weighted by atomic mass is 16.5. The Morgan fingerprint density at radius 2 is 1.92 bits per heavy atom. The number of nitrogens with one attached hydrogen (secondary N) is 1. The van der Waals surface area contributed by atoms with Gasteiger partial charge >= 0.3 is 0 Å². The number of amides is 1. The molecule has 2 aromatic rings. The number of anilines is 1. The van der Waals surface area contributed by atoms with Gasteiger partial charge in [0.1, 0.15) is 5.75 Å². The van der Waals surface area contributed by atoms with Crippen LogP contribution in [0.1, 0.15) is 11.1 Å². The van der Waals surface area contributed by atoms with E-state index in [-0.39, 0.29) is 5.91 Å². The topological polar surface area (TPSA) is 60.0 Å². The van der Waals surface area contributed by atoms with E-state index >= 15 is 0 Å². The fourth-order valence-electron chi connectivity index (χ4n) is 3.15. The molecule has 3 rings (SSSR count). The highest BCUT2D eigenvalue weighted by molar-refractivity contribution is 5.83. The maximum absolute atomic E-state index is 12.1. The molecule has 0 unspecified atom stereocenters. The summed E-state index contributed by atoms with van der Waals surface area (Å²) in [6.45, 7) is 3.16. The number of hydrogen-bond acceptors (Lipinski definition) is 5. The first-order chi connectivity index (χ1) is 12.6. The van der Waals surface area contributed by atoms with E-state index in [0.29, 0.717) is 30.3 Å². The molecule has 0 bridgehead atoms. The predicted molar refractivity (Wildman–Crippen MR) is 100 cm³/mol. The van der Waals surface area contributed by atoms with Gasteiger partial charge in [0.05, 0.1) is 26.5 Å². The number of likely N-dealkylation sites (N-methyl/N-ethyl adjacent to an activating group) is 1. The second-order valence-electron chi connectivity index (χ2n) is 6.20. The number of para-hydroxylation sites is 2. The van der Waals surface area contributed by atoms with Crippen LogP contribution in [0.25, 0.3) is 0 Å². The maximum atomic E-state index is 12.1. The number of fused-ring (bicyclic) bond motifs is 1. The monoisotopic (exact) mass is 356 g/mol. The summed E-state index contributed by atoms with van der Waals surface area (Å²) >= 11 is 0. The van der Waals surface area contributed by atoms with Gasteiger partial charge in [0.25, 0.3) is 5.91 Å². The molecule has 1 aliphatic rings. The van der Waals surface area contributed by atoms with Crippen molar-refractivity contribution in [3.8, 4) is 17.2 Å². The molecule has 0 saturated carbocycles. The molecule has 1 atom stereocenters. The van der Waals surface area contributed by atoms with Crippen molar-refractivity contribution in [1.29, 1.82) is 0 Å². The molecule has 1 N–H and O–H groups in total. The third kappa shape index (κ3) is 3.40. The van der Waals surface area contributed by atoms with Crippen molar-refractivity contribution in [2.45, 2.75) is 19.6 Å². The Balaban J connectivity index is 1.94. The zero-order chi connectivity index (χ0) is 18.7. The molecule has 0 radical (unpaired) electrons. The minimum atomic E-state index is -0.546. The number of carbonyl (C=O) groups excluding carboxylic acids is 1. The average molecular weight is 356 g/mol. The smallest absolute Gasteiger partial charge is 0.262 e. The summed E-state index contributed by atoms with van der Waals surface area (Å²) in [6, 6.07) is 11.7. The van der Waals surface area contributed by atoms with Gasteiger partial charge in [-0.1, -0.05) is 12.1 Å². The minimum absolute atomic E-state index is 0.131. The minimum Gasteiger partial charge on any atom is -0.493 e. The molecule has 1 heterocycles.